The van der Waals surface area contributed by atoms with Crippen molar-refractivity contribution in [2.45, 2.75) is 67.2 Å². The van der Waals surface area contributed by atoms with Crippen LogP contribution in [0.15, 0.2) is 60.3 Å². The highest BCUT2D eigenvalue weighted by Gasteiger charge is 2.43. The molecule has 0 atom stereocenters. The normalized spacial score (nSPS) is 19.4. The van der Waals surface area contributed by atoms with Gasteiger partial charge in [0.05, 0.1) is 5.41 Å². The molecule has 2 heterocycles. The summed E-state index contributed by atoms with van der Waals surface area (Å²) < 4.78 is 2.34. The van der Waals surface area contributed by atoms with Crippen molar-refractivity contribution in [2.75, 3.05) is 19.0 Å². The summed E-state index contributed by atoms with van der Waals surface area (Å²) in [5.74, 6) is 0. The minimum atomic E-state index is 0. The second-order valence-corrected chi connectivity index (χ2v) is 9.71. The van der Waals surface area contributed by atoms with Gasteiger partial charge >= 0.3 is 0 Å². The second-order valence-electron chi connectivity index (χ2n) is 9.71. The minimum Gasteiger partial charge on any atom is -0.347 e. The van der Waals surface area contributed by atoms with E-state index in [9.17, 15) is 0 Å². The summed E-state index contributed by atoms with van der Waals surface area (Å²) in [4.78, 5) is 2.34. The van der Waals surface area contributed by atoms with Crippen LogP contribution < -0.4 is 4.90 Å². The molecule has 31 heavy (non-hydrogen) atoms. The van der Waals surface area contributed by atoms with Crippen LogP contribution in [-0.2, 0) is 10.8 Å². The van der Waals surface area contributed by atoms with Crippen molar-refractivity contribution >= 4 is 17.1 Å². The smallest absolute Gasteiger partial charge is 0.209 e. The van der Waals surface area contributed by atoms with Gasteiger partial charge in [0.15, 0.2) is 5.71 Å². The van der Waals surface area contributed by atoms with Crippen molar-refractivity contribution in [3.8, 4) is 0 Å². The zero-order valence-electron chi connectivity index (χ0n) is 19.1. The molecule has 2 aromatic rings. The van der Waals surface area contributed by atoms with Crippen LogP contribution in [-0.4, -0.2) is 24.4 Å². The van der Waals surface area contributed by atoms with Crippen LogP contribution in [0.1, 0.15) is 64.8 Å². The molecule has 0 bridgehead atoms. The molecule has 0 fully saturated rings. The van der Waals surface area contributed by atoms with Crippen LogP contribution in [0.4, 0.5) is 11.4 Å². The highest BCUT2D eigenvalue weighted by atomic mass is 15.2. The number of allylic oxidation sites excluding steroid dienone is 4. The lowest BCUT2D eigenvalue weighted by Crippen LogP contribution is -2.26. The Labute approximate surface area is 190 Å². The summed E-state index contributed by atoms with van der Waals surface area (Å²) >= 11 is 0. The Morgan fingerprint density at radius 1 is 0.839 bits per heavy atom. The molecule has 166 valence electrons. The quantitative estimate of drug-likeness (QED) is 0.460. The number of rotatable bonds is 2. The predicted molar refractivity (Wildman–Crippen MR) is 138 cm³/mol. The molecular formula is C29H41N2+. The van der Waals surface area contributed by atoms with Crippen molar-refractivity contribution in [3.05, 3.63) is 82.6 Å². The molecule has 2 nitrogen and oxygen atoms in total. The van der Waals surface area contributed by atoms with Crippen molar-refractivity contribution in [1.82, 2.24) is 0 Å². The van der Waals surface area contributed by atoms with Gasteiger partial charge in [0.1, 0.15) is 7.05 Å². The first-order valence-corrected chi connectivity index (χ1v) is 10.5. The van der Waals surface area contributed by atoms with Gasteiger partial charge in [-0.3, -0.25) is 0 Å². The molecule has 0 saturated carbocycles. The number of fused-ring (bicyclic) bond motifs is 2. The molecule has 4 rings (SSSR count). The Morgan fingerprint density at radius 3 is 2.06 bits per heavy atom. The summed E-state index contributed by atoms with van der Waals surface area (Å²) in [7, 11) is 4.36. The molecule has 0 amide bonds. The van der Waals surface area contributed by atoms with Crippen LogP contribution in [0.2, 0.25) is 0 Å². The summed E-state index contributed by atoms with van der Waals surface area (Å²) in [5.41, 5.74) is 10.8. The van der Waals surface area contributed by atoms with E-state index in [0.29, 0.717) is 0 Å². The van der Waals surface area contributed by atoms with E-state index in [1.165, 1.54) is 45.0 Å². The van der Waals surface area contributed by atoms with Crippen LogP contribution in [0, 0.1) is 13.8 Å². The Bertz CT molecular complexity index is 1090. The maximum absolute atomic E-state index is 2.34. The lowest BCUT2D eigenvalue weighted by atomic mass is 9.80. The van der Waals surface area contributed by atoms with Gasteiger partial charge in [-0.2, -0.15) is 4.58 Å². The Balaban J connectivity index is 0.00000171. The Morgan fingerprint density at radius 2 is 1.42 bits per heavy atom. The van der Waals surface area contributed by atoms with Gasteiger partial charge < -0.3 is 4.90 Å². The third kappa shape index (κ3) is 3.67. The average Bonchev–Trinajstić information content (AvgIpc) is 2.95. The number of likely N-dealkylation sites (N-methyl/N-ethyl adjacent to an activating group) is 1. The van der Waals surface area contributed by atoms with Crippen LogP contribution in [0.25, 0.3) is 0 Å². The first-order chi connectivity index (χ1) is 13.5. The van der Waals surface area contributed by atoms with E-state index in [2.05, 4.69) is 120 Å². The van der Waals surface area contributed by atoms with Gasteiger partial charge in [0.2, 0.25) is 5.69 Å². The summed E-state index contributed by atoms with van der Waals surface area (Å²) in [6, 6.07) is 13.6. The zero-order chi connectivity index (χ0) is 21.1. The fourth-order valence-corrected chi connectivity index (χ4v) is 5.13. The van der Waals surface area contributed by atoms with Crippen molar-refractivity contribution in [1.29, 1.82) is 0 Å². The van der Waals surface area contributed by atoms with Gasteiger partial charge in [-0.25, -0.2) is 0 Å². The fourth-order valence-electron chi connectivity index (χ4n) is 5.13. The molecule has 2 aliphatic rings. The molecule has 2 heteroatoms. The highest BCUT2D eigenvalue weighted by Crippen LogP contribution is 2.47. The monoisotopic (exact) mass is 417 g/mol. The van der Waals surface area contributed by atoms with Gasteiger partial charge in [0, 0.05) is 41.6 Å². The standard InChI is InChI=1S/C27H33N2.2CH4/c1-18-12-14-22-20(16-18)26(3,4)24(28(22)7)10-9-11-25-27(5,6)21-17-19(2)13-15-23(21)29(25)8;;/h9-17H,1-8H3;2*1H4/q+1;;. The lowest BCUT2D eigenvalue weighted by molar-refractivity contribution is -0.401. The molecular weight excluding hydrogens is 376 g/mol. The molecule has 0 radical (unpaired) electrons. The largest absolute Gasteiger partial charge is 0.347 e. The van der Waals surface area contributed by atoms with Crippen molar-refractivity contribution < 1.29 is 4.58 Å². The number of hydrogen-bond acceptors (Lipinski definition) is 1. The maximum Gasteiger partial charge on any atom is 0.209 e. The van der Waals surface area contributed by atoms with E-state index in [0.717, 1.165) is 0 Å². The zero-order valence-corrected chi connectivity index (χ0v) is 19.1. The average molecular weight is 418 g/mol. The molecule has 0 aromatic heterocycles. The highest BCUT2D eigenvalue weighted by molar-refractivity contribution is 6.03. The summed E-state index contributed by atoms with van der Waals surface area (Å²) in [6.07, 6.45) is 6.82. The van der Waals surface area contributed by atoms with Crippen LogP contribution in [0.3, 0.4) is 0 Å². The van der Waals surface area contributed by atoms with E-state index >= 15 is 0 Å². The number of anilines is 1. The maximum atomic E-state index is 2.34. The van der Waals surface area contributed by atoms with E-state index < -0.39 is 0 Å². The van der Waals surface area contributed by atoms with Gasteiger partial charge in [0.25, 0.3) is 0 Å². The summed E-state index contributed by atoms with van der Waals surface area (Å²) in [6.45, 7) is 13.6. The topological polar surface area (TPSA) is 6.25 Å². The van der Waals surface area contributed by atoms with Crippen LogP contribution >= 0.6 is 0 Å². The molecule has 0 spiro atoms. The number of hydrogen-bond donors (Lipinski definition) is 0. The second kappa shape index (κ2) is 8.15. The third-order valence-corrected chi connectivity index (χ3v) is 6.89. The van der Waals surface area contributed by atoms with Gasteiger partial charge in [-0.05, 0) is 51.5 Å². The van der Waals surface area contributed by atoms with E-state index in [4.69, 9.17) is 0 Å². The molecule has 0 aliphatic carbocycles. The number of benzene rings is 2. The Hall–Kier alpha value is -2.61. The fraction of sp³-hybridized carbons (Fsp3) is 0.414. The number of aryl methyl sites for hydroxylation is 2. The van der Waals surface area contributed by atoms with Crippen molar-refractivity contribution in [2.24, 2.45) is 0 Å². The Kier molecular flexibility index (Phi) is 6.48. The molecule has 0 unspecified atom stereocenters. The van der Waals surface area contributed by atoms with Crippen LogP contribution in [0.5, 0.6) is 0 Å². The van der Waals surface area contributed by atoms with E-state index in [1.807, 2.05) is 0 Å². The van der Waals surface area contributed by atoms with E-state index in [-0.39, 0.29) is 25.7 Å². The predicted octanol–water partition coefficient (Wildman–Crippen LogP) is 7.45. The van der Waals surface area contributed by atoms with E-state index in [1.54, 1.807) is 0 Å². The molecule has 2 aliphatic heterocycles. The molecule has 0 N–H and O–H groups in total. The first kappa shape index (κ1) is 24.7. The molecule has 0 saturated heterocycles. The lowest BCUT2D eigenvalue weighted by Gasteiger charge is -2.23. The number of nitrogens with zero attached hydrogens (tertiary/aromatic N) is 2. The minimum absolute atomic E-state index is 0. The SMILES string of the molecule is C.C.Cc1ccc2c(c1)C(C)(C)C(=CC=CC1=[N+](C)c3ccc(C)cc3C1(C)C)N2C. The summed E-state index contributed by atoms with van der Waals surface area (Å²) in [5, 5.41) is 0. The molecule has 2 aromatic carbocycles. The van der Waals surface area contributed by atoms with Crippen molar-refractivity contribution in [3.63, 3.8) is 0 Å². The first-order valence-electron chi connectivity index (χ1n) is 10.5. The van der Waals surface area contributed by atoms with Gasteiger partial charge in [-0.15, -0.1) is 0 Å². The third-order valence-electron chi connectivity index (χ3n) is 6.89. The van der Waals surface area contributed by atoms with Gasteiger partial charge in [-0.1, -0.05) is 64.1 Å².